The lowest BCUT2D eigenvalue weighted by atomic mass is 10.2. The van der Waals surface area contributed by atoms with E-state index in [-0.39, 0.29) is 42.5 Å². The lowest BCUT2D eigenvalue weighted by molar-refractivity contribution is -0.274. The molecule has 1 aromatic carbocycles. The van der Waals surface area contributed by atoms with E-state index in [1.807, 2.05) is 13.8 Å². The summed E-state index contributed by atoms with van der Waals surface area (Å²) in [4.78, 5) is -0.166. The van der Waals surface area contributed by atoms with Crippen molar-refractivity contribution in [2.24, 2.45) is 5.92 Å². The van der Waals surface area contributed by atoms with E-state index in [0.717, 1.165) is 28.6 Å². The van der Waals surface area contributed by atoms with Gasteiger partial charge in [-0.05, 0) is 43.0 Å². The summed E-state index contributed by atoms with van der Waals surface area (Å²) in [6, 6.07) is 3.94. The fourth-order valence-corrected chi connectivity index (χ4v) is 6.59. The second kappa shape index (κ2) is 7.96. The number of hydrogen-bond acceptors (Lipinski definition) is 5. The van der Waals surface area contributed by atoms with Gasteiger partial charge in [0.25, 0.3) is 0 Å². The van der Waals surface area contributed by atoms with Gasteiger partial charge < -0.3 is 4.74 Å². The minimum absolute atomic E-state index is 0.00538. The summed E-state index contributed by atoms with van der Waals surface area (Å²) in [5.74, 6) is -0.459. The quantitative estimate of drug-likeness (QED) is 0.695. The van der Waals surface area contributed by atoms with Crippen molar-refractivity contribution in [2.45, 2.75) is 43.2 Å². The normalized spacial score (nSPS) is 18.0. The minimum atomic E-state index is -4.86. The molecule has 0 aliphatic carbocycles. The van der Waals surface area contributed by atoms with Crippen molar-refractivity contribution in [3.05, 3.63) is 24.3 Å². The van der Waals surface area contributed by atoms with Crippen molar-refractivity contribution in [3.8, 4) is 5.75 Å². The molecule has 1 heterocycles. The number of rotatable bonds is 6. The highest BCUT2D eigenvalue weighted by Crippen LogP contribution is 2.28. The van der Waals surface area contributed by atoms with E-state index in [2.05, 4.69) is 4.74 Å². The van der Waals surface area contributed by atoms with Crippen LogP contribution in [0.1, 0.15) is 26.7 Å². The van der Waals surface area contributed by atoms with Crippen molar-refractivity contribution in [1.29, 1.82) is 0 Å². The molecule has 6 nitrogen and oxygen atoms in total. The molecule has 0 radical (unpaired) electrons. The van der Waals surface area contributed by atoms with Crippen molar-refractivity contribution in [1.82, 2.24) is 4.31 Å². The molecule has 0 aromatic heterocycles. The van der Waals surface area contributed by atoms with Crippen LogP contribution in [-0.2, 0) is 19.9 Å². The molecule has 0 N–H and O–H groups in total. The number of ether oxygens (including phenoxy) is 1. The number of benzene rings is 1. The topological polar surface area (TPSA) is 80.8 Å². The molecule has 0 amide bonds. The molecule has 2 rings (SSSR count). The number of hydrogen-bond donors (Lipinski definition) is 0. The number of alkyl halides is 3. The Morgan fingerprint density at radius 1 is 1.07 bits per heavy atom. The van der Waals surface area contributed by atoms with E-state index in [0.29, 0.717) is 0 Å². The van der Waals surface area contributed by atoms with Gasteiger partial charge in [0.1, 0.15) is 5.75 Å². The molecule has 11 heteroatoms. The average Bonchev–Trinajstić information content (AvgIpc) is 2.53. The van der Waals surface area contributed by atoms with Crippen LogP contribution in [0.5, 0.6) is 5.75 Å². The molecule has 1 fully saturated rings. The summed E-state index contributed by atoms with van der Waals surface area (Å²) >= 11 is 0. The Bertz CT molecular complexity index is 841. The van der Waals surface area contributed by atoms with Gasteiger partial charge in [-0.1, -0.05) is 13.8 Å². The lowest BCUT2D eigenvalue weighted by Gasteiger charge is -2.31. The van der Waals surface area contributed by atoms with Crippen LogP contribution in [0, 0.1) is 5.92 Å². The Labute approximate surface area is 157 Å². The zero-order valence-electron chi connectivity index (χ0n) is 14.9. The maximum atomic E-state index is 12.6. The van der Waals surface area contributed by atoms with E-state index in [1.165, 1.54) is 0 Å². The van der Waals surface area contributed by atoms with Gasteiger partial charge in [0, 0.05) is 13.1 Å². The summed E-state index contributed by atoms with van der Waals surface area (Å²) in [6.45, 7) is 3.71. The predicted molar refractivity (Wildman–Crippen MR) is 93.5 cm³/mol. The molecule has 0 atom stereocenters. The number of nitrogens with zero attached hydrogens (tertiary/aromatic N) is 1. The third kappa shape index (κ3) is 5.82. The number of sulfonamides is 1. The molecular formula is C16H22F3NO5S2. The van der Waals surface area contributed by atoms with E-state index in [1.54, 1.807) is 0 Å². The molecule has 1 aromatic rings. The van der Waals surface area contributed by atoms with E-state index >= 15 is 0 Å². The highest BCUT2D eigenvalue weighted by Gasteiger charge is 2.35. The fraction of sp³-hybridized carbons (Fsp3) is 0.625. The number of sulfone groups is 1. The first-order valence-electron chi connectivity index (χ1n) is 8.39. The van der Waals surface area contributed by atoms with E-state index < -0.39 is 37.2 Å². The minimum Gasteiger partial charge on any atom is -0.406 e. The molecule has 0 unspecified atom stereocenters. The van der Waals surface area contributed by atoms with Gasteiger partial charge in [0.05, 0.1) is 15.9 Å². The molecule has 0 bridgehead atoms. The van der Waals surface area contributed by atoms with Gasteiger partial charge in [0.15, 0.2) is 9.84 Å². The summed E-state index contributed by atoms with van der Waals surface area (Å²) in [7, 11) is -7.20. The van der Waals surface area contributed by atoms with Crippen LogP contribution in [0.25, 0.3) is 0 Å². The zero-order valence-corrected chi connectivity index (χ0v) is 16.6. The van der Waals surface area contributed by atoms with Gasteiger partial charge in [-0.25, -0.2) is 16.8 Å². The molecule has 1 saturated heterocycles. The average molecular weight is 429 g/mol. The van der Waals surface area contributed by atoms with Crippen LogP contribution >= 0.6 is 0 Å². The van der Waals surface area contributed by atoms with Crippen LogP contribution in [-0.4, -0.2) is 51.6 Å². The van der Waals surface area contributed by atoms with Gasteiger partial charge in [-0.3, -0.25) is 0 Å². The molecule has 0 spiro atoms. The van der Waals surface area contributed by atoms with Crippen LogP contribution in [0.3, 0.4) is 0 Å². The predicted octanol–water partition coefficient (Wildman–Crippen LogP) is 2.81. The Balaban J connectivity index is 2.06. The molecular weight excluding hydrogens is 407 g/mol. The van der Waals surface area contributed by atoms with Crippen molar-refractivity contribution in [3.63, 3.8) is 0 Å². The lowest BCUT2D eigenvalue weighted by Crippen LogP contribution is -2.43. The van der Waals surface area contributed by atoms with Crippen LogP contribution < -0.4 is 4.74 Å². The molecule has 1 aliphatic rings. The Morgan fingerprint density at radius 2 is 1.59 bits per heavy atom. The van der Waals surface area contributed by atoms with E-state index in [9.17, 15) is 30.0 Å². The monoisotopic (exact) mass is 429 g/mol. The first-order chi connectivity index (χ1) is 12.3. The SMILES string of the molecule is CC(C)CS(=O)(=O)C1CCN(S(=O)(=O)c2ccc(OC(F)(F)F)cc2)CC1. The first kappa shape index (κ1) is 22.0. The number of piperidine rings is 1. The highest BCUT2D eigenvalue weighted by molar-refractivity contribution is 7.92. The van der Waals surface area contributed by atoms with E-state index in [4.69, 9.17) is 0 Å². The first-order valence-corrected chi connectivity index (χ1v) is 11.5. The second-order valence-electron chi connectivity index (χ2n) is 6.85. The second-order valence-corrected chi connectivity index (χ2v) is 11.1. The third-order valence-corrected chi connectivity index (χ3v) is 8.70. The summed E-state index contributed by atoms with van der Waals surface area (Å²) in [5.41, 5.74) is 0. The molecule has 27 heavy (non-hydrogen) atoms. The van der Waals surface area contributed by atoms with Gasteiger partial charge in [0.2, 0.25) is 10.0 Å². The smallest absolute Gasteiger partial charge is 0.406 e. The van der Waals surface area contributed by atoms with Gasteiger partial charge in [-0.2, -0.15) is 4.31 Å². The standard InChI is InChI=1S/C16H22F3NO5S2/c1-12(2)11-26(21,22)14-7-9-20(10-8-14)27(23,24)15-5-3-13(4-6-15)25-16(17,18)19/h3-6,12,14H,7-11H2,1-2H3. The Kier molecular flexibility index (Phi) is 6.48. The van der Waals surface area contributed by atoms with Crippen LogP contribution in [0.2, 0.25) is 0 Å². The molecule has 154 valence electrons. The number of halogens is 3. The summed E-state index contributed by atoms with van der Waals surface area (Å²) < 4.78 is 91.3. The third-order valence-electron chi connectivity index (χ3n) is 4.17. The largest absolute Gasteiger partial charge is 0.573 e. The van der Waals surface area contributed by atoms with Crippen molar-refractivity contribution >= 4 is 19.9 Å². The Morgan fingerprint density at radius 3 is 2.04 bits per heavy atom. The van der Waals surface area contributed by atoms with Gasteiger partial charge >= 0.3 is 6.36 Å². The fourth-order valence-electron chi connectivity index (χ4n) is 2.99. The zero-order chi connectivity index (χ0) is 20.5. The molecule has 0 saturated carbocycles. The highest BCUT2D eigenvalue weighted by atomic mass is 32.2. The van der Waals surface area contributed by atoms with Gasteiger partial charge in [-0.15, -0.1) is 13.2 Å². The molecule has 1 aliphatic heterocycles. The summed E-state index contributed by atoms with van der Waals surface area (Å²) in [5, 5.41) is -0.575. The van der Waals surface area contributed by atoms with Crippen LogP contribution in [0.4, 0.5) is 13.2 Å². The maximum absolute atomic E-state index is 12.6. The maximum Gasteiger partial charge on any atom is 0.573 e. The van der Waals surface area contributed by atoms with Crippen molar-refractivity contribution in [2.75, 3.05) is 18.8 Å². The van der Waals surface area contributed by atoms with Crippen LogP contribution in [0.15, 0.2) is 29.2 Å². The van der Waals surface area contributed by atoms with Crippen molar-refractivity contribution < 1.29 is 34.7 Å². The Hall–Kier alpha value is -1.33. The summed E-state index contributed by atoms with van der Waals surface area (Å²) in [6.07, 6.45) is -4.46.